The van der Waals surface area contributed by atoms with Crippen LogP contribution in [-0.2, 0) is 13.1 Å². The third-order valence-electron chi connectivity index (χ3n) is 5.29. The molecule has 4 aromatic carbocycles. The first kappa shape index (κ1) is 25.1. The summed E-state index contributed by atoms with van der Waals surface area (Å²) >= 11 is 0. The molecule has 182 valence electrons. The van der Waals surface area contributed by atoms with Gasteiger partial charge in [0, 0.05) is 57.5 Å². The van der Waals surface area contributed by atoms with Crippen molar-refractivity contribution >= 4 is 44.3 Å². The SMILES string of the molecule is O=[N+]([O-])c1ccccc1CNc1ccc(SSc2ccc(NCc3ccccc3[N+](=O)[O-])cc2)cc1. The summed E-state index contributed by atoms with van der Waals surface area (Å²) in [6.07, 6.45) is 0. The van der Waals surface area contributed by atoms with Crippen LogP contribution in [0.15, 0.2) is 107 Å². The smallest absolute Gasteiger partial charge is 0.274 e. The Bertz CT molecular complexity index is 1240. The van der Waals surface area contributed by atoms with Crippen LogP contribution in [0.1, 0.15) is 11.1 Å². The first-order valence-electron chi connectivity index (χ1n) is 11.0. The van der Waals surface area contributed by atoms with Gasteiger partial charge in [-0.3, -0.25) is 20.2 Å². The lowest BCUT2D eigenvalue weighted by molar-refractivity contribution is -0.385. The molecule has 0 amide bonds. The predicted molar refractivity (Wildman–Crippen MR) is 145 cm³/mol. The van der Waals surface area contributed by atoms with Gasteiger partial charge in [-0.25, -0.2) is 0 Å². The van der Waals surface area contributed by atoms with Gasteiger partial charge in [-0.15, -0.1) is 0 Å². The van der Waals surface area contributed by atoms with Crippen molar-refractivity contribution in [1.82, 2.24) is 0 Å². The Kier molecular flexibility index (Phi) is 8.43. The summed E-state index contributed by atoms with van der Waals surface area (Å²) in [6.45, 7) is 0.743. The quantitative estimate of drug-likeness (QED) is 0.119. The van der Waals surface area contributed by atoms with E-state index in [9.17, 15) is 20.2 Å². The zero-order valence-corrected chi connectivity index (χ0v) is 20.6. The fraction of sp³-hybridized carbons (Fsp3) is 0.0769. The van der Waals surface area contributed by atoms with Gasteiger partial charge >= 0.3 is 0 Å². The third-order valence-corrected chi connectivity index (χ3v) is 7.70. The minimum Gasteiger partial charge on any atom is -0.381 e. The summed E-state index contributed by atoms with van der Waals surface area (Å²) in [7, 11) is 3.26. The van der Waals surface area contributed by atoms with Crippen LogP contribution in [0.5, 0.6) is 0 Å². The zero-order chi connectivity index (χ0) is 25.3. The van der Waals surface area contributed by atoms with E-state index >= 15 is 0 Å². The average Bonchev–Trinajstić information content (AvgIpc) is 2.91. The summed E-state index contributed by atoms with van der Waals surface area (Å²) in [5.74, 6) is 0. The monoisotopic (exact) mass is 518 g/mol. The Morgan fingerprint density at radius 3 is 1.28 bits per heavy atom. The molecule has 36 heavy (non-hydrogen) atoms. The van der Waals surface area contributed by atoms with Crippen molar-refractivity contribution in [1.29, 1.82) is 0 Å². The van der Waals surface area contributed by atoms with E-state index in [-0.39, 0.29) is 21.2 Å². The molecule has 0 fully saturated rings. The molecule has 8 nitrogen and oxygen atoms in total. The molecule has 0 aromatic heterocycles. The van der Waals surface area contributed by atoms with E-state index < -0.39 is 0 Å². The molecule has 0 saturated carbocycles. The van der Waals surface area contributed by atoms with Gasteiger partial charge in [-0.2, -0.15) is 0 Å². The maximum Gasteiger partial charge on any atom is 0.274 e. The van der Waals surface area contributed by atoms with Crippen LogP contribution in [-0.4, -0.2) is 9.85 Å². The van der Waals surface area contributed by atoms with Crippen LogP contribution in [0.25, 0.3) is 0 Å². The Morgan fingerprint density at radius 1 is 0.556 bits per heavy atom. The molecule has 0 spiro atoms. The molecule has 0 aliphatic carbocycles. The molecule has 10 heteroatoms. The molecule has 0 radical (unpaired) electrons. The largest absolute Gasteiger partial charge is 0.381 e. The van der Waals surface area contributed by atoms with E-state index in [1.807, 2.05) is 48.5 Å². The Labute approximate surface area is 215 Å². The Balaban J connectivity index is 1.26. The lowest BCUT2D eigenvalue weighted by Crippen LogP contribution is -2.02. The van der Waals surface area contributed by atoms with E-state index in [1.165, 1.54) is 12.1 Å². The molecule has 4 aromatic rings. The number of benzene rings is 4. The maximum atomic E-state index is 11.2. The van der Waals surface area contributed by atoms with Gasteiger partial charge in [-0.1, -0.05) is 58.0 Å². The van der Waals surface area contributed by atoms with Crippen LogP contribution in [0, 0.1) is 20.2 Å². The molecular formula is C26H22N4O4S2. The van der Waals surface area contributed by atoms with Crippen LogP contribution in [0.3, 0.4) is 0 Å². The highest BCUT2D eigenvalue weighted by Gasteiger charge is 2.12. The fourth-order valence-corrected chi connectivity index (χ4v) is 5.36. The molecule has 0 bridgehead atoms. The molecule has 0 saturated heterocycles. The molecule has 0 heterocycles. The molecule has 0 atom stereocenters. The van der Waals surface area contributed by atoms with Gasteiger partial charge < -0.3 is 10.6 Å². The van der Waals surface area contributed by atoms with Crippen LogP contribution in [0.4, 0.5) is 22.7 Å². The molecule has 0 aliphatic heterocycles. The van der Waals surface area contributed by atoms with Crippen molar-refractivity contribution in [3.63, 3.8) is 0 Å². The standard InChI is InChI=1S/C26H22N4O4S2/c31-29(32)25-7-3-1-5-19(25)17-27-21-9-13-23(14-10-21)35-36-24-15-11-22(12-16-24)28-18-20-6-2-4-8-26(20)30(33)34/h1-16,27-28H,17-18H2. The van der Waals surface area contributed by atoms with E-state index in [4.69, 9.17) is 0 Å². The number of anilines is 2. The second kappa shape index (κ2) is 12.1. The Hall–Kier alpha value is -4.02. The minimum atomic E-state index is -0.369. The van der Waals surface area contributed by atoms with Gasteiger partial charge in [0.25, 0.3) is 11.4 Å². The second-order valence-electron chi connectivity index (χ2n) is 7.69. The van der Waals surface area contributed by atoms with Crippen LogP contribution < -0.4 is 10.6 Å². The van der Waals surface area contributed by atoms with Gasteiger partial charge in [0.15, 0.2) is 0 Å². The lowest BCUT2D eigenvalue weighted by Gasteiger charge is -2.09. The summed E-state index contributed by atoms with van der Waals surface area (Å²) < 4.78 is 0. The normalized spacial score (nSPS) is 10.6. The van der Waals surface area contributed by atoms with Crippen molar-refractivity contribution in [3.05, 3.63) is 128 Å². The van der Waals surface area contributed by atoms with Crippen molar-refractivity contribution in [2.75, 3.05) is 10.6 Å². The highest BCUT2D eigenvalue weighted by atomic mass is 33.1. The van der Waals surface area contributed by atoms with E-state index in [1.54, 1.807) is 58.0 Å². The highest BCUT2D eigenvalue weighted by Crippen LogP contribution is 2.38. The summed E-state index contributed by atoms with van der Waals surface area (Å²) in [4.78, 5) is 23.7. The van der Waals surface area contributed by atoms with Gasteiger partial charge in [0.1, 0.15) is 0 Å². The highest BCUT2D eigenvalue weighted by molar-refractivity contribution is 8.76. The number of nitrogens with one attached hydrogen (secondary N) is 2. The number of nitro groups is 2. The average molecular weight is 519 g/mol. The van der Waals surface area contributed by atoms with Crippen molar-refractivity contribution in [3.8, 4) is 0 Å². The Morgan fingerprint density at radius 2 is 0.917 bits per heavy atom. The zero-order valence-electron chi connectivity index (χ0n) is 19.0. The van der Waals surface area contributed by atoms with Crippen molar-refractivity contribution < 1.29 is 9.85 Å². The fourth-order valence-electron chi connectivity index (χ4n) is 3.42. The minimum absolute atomic E-state index is 0.108. The van der Waals surface area contributed by atoms with Crippen molar-refractivity contribution in [2.24, 2.45) is 0 Å². The summed E-state index contributed by atoms with van der Waals surface area (Å²) in [6, 6.07) is 29.2. The van der Waals surface area contributed by atoms with Gasteiger partial charge in [-0.05, 0) is 48.5 Å². The second-order valence-corrected chi connectivity index (χ2v) is 9.97. The van der Waals surface area contributed by atoms with E-state index in [0.29, 0.717) is 24.2 Å². The number of nitro benzene ring substituents is 2. The van der Waals surface area contributed by atoms with Gasteiger partial charge in [0.05, 0.1) is 9.85 Å². The third kappa shape index (κ3) is 6.77. The van der Waals surface area contributed by atoms with Crippen LogP contribution in [0.2, 0.25) is 0 Å². The van der Waals surface area contributed by atoms with E-state index in [2.05, 4.69) is 10.6 Å². The first-order valence-corrected chi connectivity index (χ1v) is 13.1. The molecule has 0 aliphatic rings. The number of hydrogen-bond acceptors (Lipinski definition) is 8. The summed E-state index contributed by atoms with van der Waals surface area (Å²) in [5, 5.41) is 28.8. The molecule has 2 N–H and O–H groups in total. The first-order chi connectivity index (χ1) is 17.5. The lowest BCUT2D eigenvalue weighted by atomic mass is 10.2. The number of para-hydroxylation sites is 2. The van der Waals surface area contributed by atoms with Crippen molar-refractivity contribution in [2.45, 2.75) is 22.9 Å². The molecule has 4 rings (SSSR count). The molecule has 0 unspecified atom stereocenters. The predicted octanol–water partition coefficient (Wildman–Crippen LogP) is 7.53. The van der Waals surface area contributed by atoms with Crippen LogP contribution >= 0.6 is 21.6 Å². The maximum absolute atomic E-state index is 11.2. The number of nitrogens with zero attached hydrogens (tertiary/aromatic N) is 2. The van der Waals surface area contributed by atoms with Gasteiger partial charge in [0.2, 0.25) is 0 Å². The summed E-state index contributed by atoms with van der Waals surface area (Å²) in [5.41, 5.74) is 3.26. The number of hydrogen-bond donors (Lipinski definition) is 2. The number of rotatable bonds is 11. The topological polar surface area (TPSA) is 110 Å². The molecular weight excluding hydrogens is 496 g/mol. The van der Waals surface area contributed by atoms with E-state index in [0.717, 1.165) is 21.2 Å².